The molecule has 1 aromatic carbocycles. The second-order valence-corrected chi connectivity index (χ2v) is 4.04. The van der Waals surface area contributed by atoms with Crippen LogP contribution in [0.15, 0.2) is 24.3 Å². The molecule has 1 N–H and O–H groups in total. The quantitative estimate of drug-likeness (QED) is 0.819. The number of halogens is 1. The molecule has 0 atom stereocenters. The summed E-state index contributed by atoms with van der Waals surface area (Å²) in [5.74, 6) is 0.117. The summed E-state index contributed by atoms with van der Waals surface area (Å²) >= 11 is 3.43. The fourth-order valence-corrected chi connectivity index (χ4v) is 1.80. The molecule has 0 saturated heterocycles. The second kappa shape index (κ2) is 6.62. The van der Waals surface area contributed by atoms with Gasteiger partial charge in [-0.15, -0.1) is 0 Å². The lowest BCUT2D eigenvalue weighted by Gasteiger charge is -2.03. The molecular formula is C12H16BrNO. The molecule has 1 aromatic rings. The lowest BCUT2D eigenvalue weighted by molar-refractivity contribution is -0.120. The van der Waals surface area contributed by atoms with Gasteiger partial charge in [-0.25, -0.2) is 0 Å². The minimum absolute atomic E-state index is 0.117. The van der Waals surface area contributed by atoms with E-state index in [9.17, 15) is 4.79 Å². The minimum Gasteiger partial charge on any atom is -0.359 e. The topological polar surface area (TPSA) is 29.1 Å². The van der Waals surface area contributed by atoms with E-state index in [2.05, 4.69) is 45.5 Å². The van der Waals surface area contributed by atoms with Crippen LogP contribution in [0.1, 0.15) is 24.0 Å². The molecule has 0 saturated carbocycles. The molecule has 1 amide bonds. The molecule has 82 valence electrons. The van der Waals surface area contributed by atoms with Crippen molar-refractivity contribution in [3.05, 3.63) is 35.4 Å². The molecule has 0 aliphatic carbocycles. The monoisotopic (exact) mass is 269 g/mol. The maximum atomic E-state index is 11.0. The van der Waals surface area contributed by atoms with E-state index in [-0.39, 0.29) is 5.91 Å². The van der Waals surface area contributed by atoms with E-state index in [1.807, 2.05) is 0 Å². The Labute approximate surface area is 99.2 Å². The Kier molecular flexibility index (Phi) is 5.40. The Morgan fingerprint density at radius 3 is 2.80 bits per heavy atom. The predicted octanol–water partition coefficient (Wildman–Crippen LogP) is 2.65. The van der Waals surface area contributed by atoms with Crippen LogP contribution >= 0.6 is 15.9 Å². The normalized spacial score (nSPS) is 10.0. The first-order valence-electron chi connectivity index (χ1n) is 5.10. The summed E-state index contributed by atoms with van der Waals surface area (Å²) in [5, 5.41) is 3.51. The SMILES string of the molecule is CNC(=O)CCCc1cccc(CBr)c1. The van der Waals surface area contributed by atoms with Crippen LogP contribution in [0.25, 0.3) is 0 Å². The smallest absolute Gasteiger partial charge is 0.219 e. The summed E-state index contributed by atoms with van der Waals surface area (Å²) in [6, 6.07) is 8.44. The molecule has 2 nitrogen and oxygen atoms in total. The highest BCUT2D eigenvalue weighted by Crippen LogP contribution is 2.11. The molecule has 0 aliphatic rings. The van der Waals surface area contributed by atoms with Crippen LogP contribution in [0.4, 0.5) is 0 Å². The van der Waals surface area contributed by atoms with Crippen LogP contribution in [-0.4, -0.2) is 13.0 Å². The zero-order chi connectivity index (χ0) is 11.1. The van der Waals surface area contributed by atoms with E-state index in [1.165, 1.54) is 11.1 Å². The van der Waals surface area contributed by atoms with Crippen molar-refractivity contribution < 1.29 is 4.79 Å². The summed E-state index contributed by atoms with van der Waals surface area (Å²) < 4.78 is 0. The summed E-state index contributed by atoms with van der Waals surface area (Å²) in [5.41, 5.74) is 2.59. The van der Waals surface area contributed by atoms with Crippen molar-refractivity contribution in [3.63, 3.8) is 0 Å². The van der Waals surface area contributed by atoms with Gasteiger partial charge in [-0.2, -0.15) is 0 Å². The van der Waals surface area contributed by atoms with Gasteiger partial charge < -0.3 is 5.32 Å². The molecule has 0 spiro atoms. The Balaban J connectivity index is 2.40. The largest absolute Gasteiger partial charge is 0.359 e. The summed E-state index contributed by atoms with van der Waals surface area (Å²) in [6.07, 6.45) is 2.48. The highest BCUT2D eigenvalue weighted by molar-refractivity contribution is 9.08. The first-order chi connectivity index (χ1) is 7.26. The van der Waals surface area contributed by atoms with Crippen LogP contribution in [0.5, 0.6) is 0 Å². The Hall–Kier alpha value is -0.830. The average molecular weight is 270 g/mol. The molecule has 3 heteroatoms. The van der Waals surface area contributed by atoms with Crippen molar-refractivity contribution in [1.82, 2.24) is 5.32 Å². The van der Waals surface area contributed by atoms with Crippen LogP contribution < -0.4 is 5.32 Å². The molecule has 0 aliphatic heterocycles. The average Bonchev–Trinajstić information content (AvgIpc) is 2.29. The zero-order valence-electron chi connectivity index (χ0n) is 8.92. The van der Waals surface area contributed by atoms with Gasteiger partial charge in [0.2, 0.25) is 5.91 Å². The van der Waals surface area contributed by atoms with E-state index in [0.717, 1.165) is 18.2 Å². The van der Waals surface area contributed by atoms with Gasteiger partial charge in [0.15, 0.2) is 0 Å². The standard InChI is InChI=1S/C12H16BrNO/c1-14-12(15)7-3-5-10-4-2-6-11(8-10)9-13/h2,4,6,8H,3,5,7,9H2,1H3,(H,14,15). The second-order valence-electron chi connectivity index (χ2n) is 3.48. The molecule has 0 heterocycles. The molecule has 0 aromatic heterocycles. The molecular weight excluding hydrogens is 254 g/mol. The van der Waals surface area contributed by atoms with Crippen molar-refractivity contribution in [3.8, 4) is 0 Å². The summed E-state index contributed by atoms with van der Waals surface area (Å²) in [6.45, 7) is 0. The van der Waals surface area contributed by atoms with Gasteiger partial charge >= 0.3 is 0 Å². The number of carbonyl (C=O) groups excluding carboxylic acids is 1. The zero-order valence-corrected chi connectivity index (χ0v) is 10.5. The summed E-state index contributed by atoms with van der Waals surface area (Å²) in [4.78, 5) is 11.0. The Bertz CT molecular complexity index is 325. The fourth-order valence-electron chi connectivity index (χ4n) is 1.45. The van der Waals surface area contributed by atoms with Crippen molar-refractivity contribution in [1.29, 1.82) is 0 Å². The van der Waals surface area contributed by atoms with Gasteiger partial charge in [-0.05, 0) is 24.0 Å². The number of amides is 1. The Morgan fingerprint density at radius 2 is 2.13 bits per heavy atom. The molecule has 0 unspecified atom stereocenters. The van der Waals surface area contributed by atoms with Crippen molar-refractivity contribution in [2.24, 2.45) is 0 Å². The number of carbonyl (C=O) groups is 1. The number of benzene rings is 1. The number of hydrogen-bond acceptors (Lipinski definition) is 1. The van der Waals surface area contributed by atoms with Gasteiger partial charge in [0, 0.05) is 18.8 Å². The molecule has 1 rings (SSSR count). The first-order valence-corrected chi connectivity index (χ1v) is 6.22. The number of rotatable bonds is 5. The lowest BCUT2D eigenvalue weighted by Crippen LogP contribution is -2.17. The van der Waals surface area contributed by atoms with Gasteiger partial charge in [-0.3, -0.25) is 4.79 Å². The van der Waals surface area contributed by atoms with Gasteiger partial charge in [0.05, 0.1) is 0 Å². The fraction of sp³-hybridized carbons (Fsp3) is 0.417. The number of nitrogens with one attached hydrogen (secondary N) is 1. The Morgan fingerprint density at radius 1 is 1.40 bits per heavy atom. The lowest BCUT2D eigenvalue weighted by atomic mass is 10.1. The third-order valence-corrected chi connectivity index (χ3v) is 2.94. The number of aryl methyl sites for hydroxylation is 1. The van der Waals surface area contributed by atoms with E-state index in [1.54, 1.807) is 7.05 Å². The molecule has 0 fully saturated rings. The highest BCUT2D eigenvalue weighted by atomic mass is 79.9. The third kappa shape index (κ3) is 4.47. The molecule has 0 bridgehead atoms. The van der Waals surface area contributed by atoms with Crippen molar-refractivity contribution in [2.75, 3.05) is 7.05 Å². The highest BCUT2D eigenvalue weighted by Gasteiger charge is 1.99. The van der Waals surface area contributed by atoms with Gasteiger partial charge in [0.25, 0.3) is 0 Å². The van der Waals surface area contributed by atoms with E-state index in [4.69, 9.17) is 0 Å². The van der Waals surface area contributed by atoms with E-state index < -0.39 is 0 Å². The van der Waals surface area contributed by atoms with Crippen LogP contribution in [0.2, 0.25) is 0 Å². The molecule has 0 radical (unpaired) electrons. The minimum atomic E-state index is 0.117. The van der Waals surface area contributed by atoms with Crippen molar-refractivity contribution in [2.45, 2.75) is 24.6 Å². The predicted molar refractivity (Wildman–Crippen MR) is 66.1 cm³/mol. The van der Waals surface area contributed by atoms with Crippen molar-refractivity contribution >= 4 is 21.8 Å². The van der Waals surface area contributed by atoms with Gasteiger partial charge in [-0.1, -0.05) is 40.2 Å². The number of alkyl halides is 1. The maximum absolute atomic E-state index is 11.0. The first kappa shape index (κ1) is 12.2. The maximum Gasteiger partial charge on any atom is 0.219 e. The summed E-state index contributed by atoms with van der Waals surface area (Å²) in [7, 11) is 1.67. The van der Waals surface area contributed by atoms with E-state index in [0.29, 0.717) is 6.42 Å². The third-order valence-electron chi connectivity index (χ3n) is 2.29. The number of hydrogen-bond donors (Lipinski definition) is 1. The molecule has 15 heavy (non-hydrogen) atoms. The van der Waals surface area contributed by atoms with Crippen LogP contribution in [0.3, 0.4) is 0 Å². The van der Waals surface area contributed by atoms with Crippen LogP contribution in [-0.2, 0) is 16.5 Å². The van der Waals surface area contributed by atoms with Gasteiger partial charge in [0.1, 0.15) is 0 Å². The van der Waals surface area contributed by atoms with Crippen LogP contribution in [0, 0.1) is 0 Å². The van der Waals surface area contributed by atoms with E-state index >= 15 is 0 Å².